The molecule has 4 aromatic carbocycles. The van der Waals surface area contributed by atoms with Crippen molar-refractivity contribution in [3.8, 4) is 16.9 Å². The first-order chi connectivity index (χ1) is 17.0. The molecule has 6 aromatic rings. The zero-order chi connectivity index (χ0) is 24.3. The van der Waals surface area contributed by atoms with Crippen LogP contribution in [0.15, 0.2) is 85.1 Å². The minimum absolute atomic E-state index is 0.669. The SMILES string of the molecule is [C-]#[N+]c1cccc2c3ccccc3n(-c3cccc4c(-c5cc(C)cc(C)c5C)[n+](C)ccc34)c12. The van der Waals surface area contributed by atoms with E-state index in [0.717, 1.165) is 27.5 Å². The van der Waals surface area contributed by atoms with Gasteiger partial charge in [-0.05, 0) is 61.5 Å². The molecule has 35 heavy (non-hydrogen) atoms. The lowest BCUT2D eigenvalue weighted by molar-refractivity contribution is -0.659. The lowest BCUT2D eigenvalue weighted by Gasteiger charge is -2.15. The highest BCUT2D eigenvalue weighted by Gasteiger charge is 2.22. The second-order valence-corrected chi connectivity index (χ2v) is 9.41. The van der Waals surface area contributed by atoms with Crippen LogP contribution in [0.3, 0.4) is 0 Å². The monoisotopic (exact) mass is 452 g/mol. The summed E-state index contributed by atoms with van der Waals surface area (Å²) in [5, 5.41) is 4.64. The normalized spacial score (nSPS) is 11.4. The van der Waals surface area contributed by atoms with Crippen molar-refractivity contribution in [3.63, 3.8) is 0 Å². The highest BCUT2D eigenvalue weighted by Crippen LogP contribution is 2.40. The summed E-state index contributed by atoms with van der Waals surface area (Å²) < 4.78 is 4.50. The van der Waals surface area contributed by atoms with Gasteiger partial charge in [0.1, 0.15) is 7.05 Å². The predicted molar refractivity (Wildman–Crippen MR) is 145 cm³/mol. The summed E-state index contributed by atoms with van der Waals surface area (Å²) in [5.41, 5.74) is 10.2. The standard InChI is InChI=1S/C32H26N3/c1-20-18-21(2)22(3)27(19-20)31-25-12-9-15-30(24(25)16-17-34(31)5)35-29-14-7-6-10-23(29)26-11-8-13-28(33-4)32(26)35/h6-19H,1-3,5H3/q+1. The lowest BCUT2D eigenvalue weighted by atomic mass is 9.94. The molecule has 0 fully saturated rings. The summed E-state index contributed by atoms with van der Waals surface area (Å²) in [4.78, 5) is 3.90. The molecule has 0 radical (unpaired) electrons. The third-order valence-corrected chi connectivity index (χ3v) is 7.26. The van der Waals surface area contributed by atoms with E-state index in [1.807, 2.05) is 12.1 Å². The quantitative estimate of drug-likeness (QED) is 0.187. The third kappa shape index (κ3) is 3.07. The number of nitrogens with zero attached hydrogens (tertiary/aromatic N) is 3. The fourth-order valence-electron chi connectivity index (χ4n) is 5.54. The molecule has 0 aliphatic carbocycles. The lowest BCUT2D eigenvalue weighted by Crippen LogP contribution is -2.31. The van der Waals surface area contributed by atoms with Crippen LogP contribution in [0.5, 0.6) is 0 Å². The molecule has 0 aliphatic heterocycles. The van der Waals surface area contributed by atoms with E-state index in [1.165, 1.54) is 38.7 Å². The Morgan fingerprint density at radius 3 is 2.34 bits per heavy atom. The Balaban J connectivity index is 1.78. The van der Waals surface area contributed by atoms with E-state index in [1.54, 1.807) is 0 Å². The zero-order valence-corrected chi connectivity index (χ0v) is 20.4. The molecule has 0 saturated carbocycles. The number of para-hydroxylation sites is 2. The van der Waals surface area contributed by atoms with Crippen LogP contribution in [0.4, 0.5) is 5.69 Å². The minimum atomic E-state index is 0.669. The smallest absolute Gasteiger partial charge is 0.220 e. The van der Waals surface area contributed by atoms with Gasteiger partial charge in [-0.15, -0.1) is 0 Å². The van der Waals surface area contributed by atoms with Gasteiger partial charge in [-0.2, -0.15) is 0 Å². The van der Waals surface area contributed by atoms with E-state index in [0.29, 0.717) is 5.69 Å². The molecule has 3 nitrogen and oxygen atoms in total. The van der Waals surface area contributed by atoms with Gasteiger partial charge in [0.2, 0.25) is 11.4 Å². The third-order valence-electron chi connectivity index (χ3n) is 7.26. The van der Waals surface area contributed by atoms with E-state index in [2.05, 4.69) is 115 Å². The van der Waals surface area contributed by atoms with E-state index in [9.17, 15) is 0 Å². The van der Waals surface area contributed by atoms with Gasteiger partial charge in [0, 0.05) is 16.8 Å². The average Bonchev–Trinajstić information content (AvgIpc) is 3.20. The molecule has 168 valence electrons. The minimum Gasteiger partial charge on any atom is -0.318 e. The van der Waals surface area contributed by atoms with Gasteiger partial charge in [-0.25, -0.2) is 9.41 Å². The maximum Gasteiger partial charge on any atom is 0.220 e. The fraction of sp³-hybridized carbons (Fsp3) is 0.125. The molecule has 6 rings (SSSR count). The van der Waals surface area contributed by atoms with Gasteiger partial charge < -0.3 is 4.57 Å². The maximum atomic E-state index is 7.87. The number of rotatable bonds is 2. The van der Waals surface area contributed by atoms with Crippen molar-refractivity contribution in [3.05, 3.63) is 113 Å². The van der Waals surface area contributed by atoms with Crippen LogP contribution in [0.1, 0.15) is 16.7 Å². The fourth-order valence-corrected chi connectivity index (χ4v) is 5.54. The number of aromatic nitrogens is 2. The summed E-state index contributed by atoms with van der Waals surface area (Å²) in [5.74, 6) is 0. The van der Waals surface area contributed by atoms with E-state index >= 15 is 0 Å². The van der Waals surface area contributed by atoms with Crippen LogP contribution in [-0.2, 0) is 7.05 Å². The highest BCUT2D eigenvalue weighted by molar-refractivity contribution is 6.14. The molecule has 0 aliphatic rings. The number of aryl methyl sites for hydroxylation is 3. The summed E-state index contributed by atoms with van der Waals surface area (Å²) in [7, 11) is 2.12. The number of fused-ring (bicyclic) bond motifs is 4. The Kier molecular flexibility index (Phi) is 4.72. The Labute approximate surface area is 205 Å². The summed E-state index contributed by atoms with van der Waals surface area (Å²) in [6, 6.07) is 27.7. The highest BCUT2D eigenvalue weighted by atomic mass is 15.0. The van der Waals surface area contributed by atoms with Crippen LogP contribution < -0.4 is 4.57 Å². The first-order valence-corrected chi connectivity index (χ1v) is 11.9. The molecular weight excluding hydrogens is 426 g/mol. The molecule has 0 unspecified atom stereocenters. The molecule has 0 atom stereocenters. The molecule has 0 amide bonds. The van der Waals surface area contributed by atoms with Crippen LogP contribution >= 0.6 is 0 Å². The Morgan fingerprint density at radius 2 is 1.51 bits per heavy atom. The number of benzene rings is 4. The Bertz CT molecular complexity index is 1850. The largest absolute Gasteiger partial charge is 0.318 e. The second kappa shape index (κ2) is 7.82. The number of pyridine rings is 1. The topological polar surface area (TPSA) is 13.2 Å². The second-order valence-electron chi connectivity index (χ2n) is 9.41. The maximum absolute atomic E-state index is 7.87. The first-order valence-electron chi connectivity index (χ1n) is 11.9. The van der Waals surface area contributed by atoms with Crippen LogP contribution in [0.25, 0.3) is 54.4 Å². The van der Waals surface area contributed by atoms with Crippen molar-refractivity contribution >= 4 is 38.3 Å². The van der Waals surface area contributed by atoms with Crippen molar-refractivity contribution in [1.29, 1.82) is 0 Å². The summed E-state index contributed by atoms with van der Waals surface area (Å²) in [6.07, 6.45) is 2.15. The Hall–Kier alpha value is -4.42. The predicted octanol–water partition coefficient (Wildman–Crippen LogP) is 7.90. The van der Waals surface area contributed by atoms with E-state index < -0.39 is 0 Å². The van der Waals surface area contributed by atoms with Crippen LogP contribution in [0, 0.1) is 27.3 Å². The van der Waals surface area contributed by atoms with Gasteiger partial charge in [-0.1, -0.05) is 54.1 Å². The van der Waals surface area contributed by atoms with Crippen molar-refractivity contribution in [1.82, 2.24) is 4.57 Å². The molecule has 3 heteroatoms. The Morgan fingerprint density at radius 1 is 0.771 bits per heavy atom. The van der Waals surface area contributed by atoms with Gasteiger partial charge in [0.05, 0.1) is 34.2 Å². The van der Waals surface area contributed by atoms with E-state index in [4.69, 9.17) is 6.57 Å². The molecule has 0 saturated heterocycles. The summed E-state index contributed by atoms with van der Waals surface area (Å²) in [6.45, 7) is 14.4. The average molecular weight is 453 g/mol. The number of hydrogen-bond acceptors (Lipinski definition) is 0. The van der Waals surface area contributed by atoms with Gasteiger partial charge in [0.25, 0.3) is 0 Å². The molecule has 0 bridgehead atoms. The van der Waals surface area contributed by atoms with Crippen molar-refractivity contribution in [2.75, 3.05) is 0 Å². The zero-order valence-electron chi connectivity index (χ0n) is 20.4. The van der Waals surface area contributed by atoms with Crippen LogP contribution in [0.2, 0.25) is 0 Å². The van der Waals surface area contributed by atoms with Crippen molar-refractivity contribution in [2.24, 2.45) is 7.05 Å². The molecule has 2 aromatic heterocycles. The molecule has 0 N–H and O–H groups in total. The van der Waals surface area contributed by atoms with Gasteiger partial charge in [-0.3, -0.25) is 0 Å². The first kappa shape index (κ1) is 21.1. The number of hydrogen-bond donors (Lipinski definition) is 0. The van der Waals surface area contributed by atoms with Gasteiger partial charge >= 0.3 is 0 Å². The van der Waals surface area contributed by atoms with Gasteiger partial charge in [0.15, 0.2) is 6.20 Å². The summed E-state index contributed by atoms with van der Waals surface area (Å²) >= 11 is 0. The van der Waals surface area contributed by atoms with Crippen molar-refractivity contribution < 1.29 is 4.57 Å². The molecule has 2 heterocycles. The van der Waals surface area contributed by atoms with Crippen molar-refractivity contribution in [2.45, 2.75) is 20.8 Å². The van der Waals surface area contributed by atoms with Crippen LogP contribution in [-0.4, -0.2) is 4.57 Å². The molecule has 0 spiro atoms. The van der Waals surface area contributed by atoms with E-state index in [-0.39, 0.29) is 0 Å². The molecular formula is C32H26N3+.